The number of rotatable bonds is 13. The Kier molecular flexibility index (Phi) is 11.4. The minimum Gasteiger partial charge on any atom is -0.411 e. The zero-order chi connectivity index (χ0) is 17.5. The topological polar surface area (TPSA) is 61.7 Å². The average Bonchev–Trinajstić information content (AvgIpc) is 2.60. The van der Waals surface area contributed by atoms with Crippen LogP contribution in [0, 0.1) is 0 Å². The van der Waals surface area contributed by atoms with E-state index >= 15 is 0 Å². The van der Waals surface area contributed by atoms with Gasteiger partial charge in [-0.25, -0.2) is 0 Å². The van der Waals surface area contributed by atoms with Gasteiger partial charge in [0.15, 0.2) is 0 Å². The first kappa shape index (κ1) is 20.2. The number of benzene rings is 1. The summed E-state index contributed by atoms with van der Waals surface area (Å²) < 4.78 is 0. The fourth-order valence-corrected chi connectivity index (χ4v) is 2.79. The lowest BCUT2D eigenvalue weighted by atomic mass is 10.1. The number of oxime groups is 1. The molecule has 4 heteroatoms. The Balaban J connectivity index is 2.08. The van der Waals surface area contributed by atoms with Gasteiger partial charge in [0.1, 0.15) is 0 Å². The molecule has 0 aliphatic rings. The molecule has 0 aromatic heterocycles. The second kappa shape index (κ2) is 13.6. The summed E-state index contributed by atoms with van der Waals surface area (Å²) in [6.45, 7) is 2.94. The predicted octanol–water partition coefficient (Wildman–Crippen LogP) is 5.15. The maximum absolute atomic E-state index is 12.1. The summed E-state index contributed by atoms with van der Waals surface area (Å²) in [6.07, 6.45) is 14.1. The molecule has 0 saturated heterocycles. The number of hydrogen-bond acceptors (Lipinski definition) is 3. The largest absolute Gasteiger partial charge is 0.411 e. The molecule has 134 valence electrons. The molecule has 0 heterocycles. The summed E-state index contributed by atoms with van der Waals surface area (Å²) in [5.74, 6) is -0.110. The van der Waals surface area contributed by atoms with E-state index in [4.69, 9.17) is 5.21 Å². The Morgan fingerprint density at radius 2 is 1.58 bits per heavy atom. The highest BCUT2D eigenvalue weighted by atomic mass is 16.4. The van der Waals surface area contributed by atoms with Crippen LogP contribution in [-0.4, -0.2) is 23.9 Å². The van der Waals surface area contributed by atoms with E-state index in [0.717, 1.165) is 12.8 Å². The van der Waals surface area contributed by atoms with E-state index in [9.17, 15) is 4.79 Å². The van der Waals surface area contributed by atoms with E-state index < -0.39 is 0 Å². The fourth-order valence-electron chi connectivity index (χ4n) is 2.79. The van der Waals surface area contributed by atoms with Crippen molar-refractivity contribution >= 4 is 12.1 Å². The molecule has 0 unspecified atom stereocenters. The van der Waals surface area contributed by atoms with Gasteiger partial charge in [0, 0.05) is 17.7 Å². The molecule has 0 aliphatic heterocycles. The number of nitrogens with zero attached hydrogens (tertiary/aromatic N) is 1. The van der Waals surface area contributed by atoms with Crippen molar-refractivity contribution in [1.29, 1.82) is 0 Å². The second-order valence-electron chi connectivity index (χ2n) is 6.27. The van der Waals surface area contributed by atoms with Crippen molar-refractivity contribution < 1.29 is 10.0 Å². The van der Waals surface area contributed by atoms with Crippen molar-refractivity contribution in [3.05, 3.63) is 35.4 Å². The second-order valence-corrected chi connectivity index (χ2v) is 6.27. The summed E-state index contributed by atoms with van der Waals surface area (Å²) in [4.78, 5) is 12.1. The van der Waals surface area contributed by atoms with Gasteiger partial charge in [-0.3, -0.25) is 4.79 Å². The number of hydrogen-bond donors (Lipinski definition) is 2. The molecule has 0 saturated carbocycles. The van der Waals surface area contributed by atoms with Gasteiger partial charge in [-0.1, -0.05) is 88.1 Å². The van der Waals surface area contributed by atoms with Crippen LogP contribution in [0.15, 0.2) is 29.4 Å². The molecule has 0 aliphatic carbocycles. The number of carbonyl (C=O) groups excluding carboxylic acids is 1. The van der Waals surface area contributed by atoms with Gasteiger partial charge in [0.05, 0.1) is 6.21 Å². The summed E-state index contributed by atoms with van der Waals surface area (Å²) in [5.41, 5.74) is 1.17. The third-order valence-corrected chi connectivity index (χ3v) is 4.22. The van der Waals surface area contributed by atoms with Crippen molar-refractivity contribution in [2.75, 3.05) is 6.54 Å². The van der Waals surface area contributed by atoms with Crippen LogP contribution in [0.2, 0.25) is 0 Å². The highest BCUT2D eigenvalue weighted by Crippen LogP contribution is 2.10. The van der Waals surface area contributed by atoms with Gasteiger partial charge in [0.25, 0.3) is 5.91 Å². The minimum atomic E-state index is -0.110. The van der Waals surface area contributed by atoms with Crippen LogP contribution in [0.4, 0.5) is 0 Å². The molecule has 1 amide bonds. The van der Waals surface area contributed by atoms with Crippen molar-refractivity contribution in [3.63, 3.8) is 0 Å². The average molecular weight is 332 g/mol. The molecular weight excluding hydrogens is 300 g/mol. The normalized spacial score (nSPS) is 11.0. The van der Waals surface area contributed by atoms with Crippen molar-refractivity contribution in [1.82, 2.24) is 5.32 Å². The monoisotopic (exact) mass is 332 g/mol. The van der Waals surface area contributed by atoms with E-state index in [-0.39, 0.29) is 5.91 Å². The quantitative estimate of drug-likeness (QED) is 0.227. The smallest absolute Gasteiger partial charge is 0.251 e. The van der Waals surface area contributed by atoms with E-state index in [1.54, 1.807) is 12.1 Å². The van der Waals surface area contributed by atoms with Crippen LogP contribution in [0.1, 0.15) is 87.1 Å². The first-order chi connectivity index (χ1) is 11.8. The van der Waals surface area contributed by atoms with Gasteiger partial charge in [-0.2, -0.15) is 0 Å². The zero-order valence-electron chi connectivity index (χ0n) is 15.0. The van der Waals surface area contributed by atoms with Crippen molar-refractivity contribution in [2.24, 2.45) is 5.16 Å². The Morgan fingerprint density at radius 1 is 1.00 bits per heavy atom. The molecule has 0 fully saturated rings. The van der Waals surface area contributed by atoms with Gasteiger partial charge in [-0.05, 0) is 12.5 Å². The van der Waals surface area contributed by atoms with Gasteiger partial charge >= 0.3 is 0 Å². The number of nitrogens with one attached hydrogen (secondary N) is 1. The SMILES string of the molecule is CCCCCCCCCCCCNC(=O)c1ccccc1C=NO. The van der Waals surface area contributed by atoms with Gasteiger partial charge in [-0.15, -0.1) is 0 Å². The lowest BCUT2D eigenvalue weighted by molar-refractivity contribution is 0.0953. The van der Waals surface area contributed by atoms with Gasteiger partial charge in [0.2, 0.25) is 0 Å². The molecule has 1 aromatic carbocycles. The Labute approximate surface area is 146 Å². The van der Waals surface area contributed by atoms with E-state index in [1.807, 2.05) is 12.1 Å². The molecule has 0 atom stereocenters. The molecular formula is C20H32N2O2. The third-order valence-electron chi connectivity index (χ3n) is 4.22. The van der Waals surface area contributed by atoms with Crippen molar-refractivity contribution in [3.8, 4) is 0 Å². The van der Waals surface area contributed by atoms with Crippen LogP contribution in [0.5, 0.6) is 0 Å². The summed E-state index contributed by atoms with van der Waals surface area (Å²) >= 11 is 0. The van der Waals surface area contributed by atoms with E-state index in [0.29, 0.717) is 17.7 Å². The maximum atomic E-state index is 12.1. The fraction of sp³-hybridized carbons (Fsp3) is 0.600. The number of unbranched alkanes of at least 4 members (excludes halogenated alkanes) is 9. The van der Waals surface area contributed by atoms with E-state index in [2.05, 4.69) is 17.4 Å². The number of amides is 1. The van der Waals surface area contributed by atoms with Crippen LogP contribution in [0.3, 0.4) is 0 Å². The van der Waals surface area contributed by atoms with Gasteiger partial charge < -0.3 is 10.5 Å². The molecule has 4 nitrogen and oxygen atoms in total. The summed E-state index contributed by atoms with van der Waals surface area (Å²) in [5, 5.41) is 14.6. The standard InChI is InChI=1S/C20H32N2O2/c1-2-3-4-5-6-7-8-9-10-13-16-21-20(23)19-15-12-11-14-18(19)17-22-24/h11-12,14-15,17,24H,2-10,13,16H2,1H3,(H,21,23). The first-order valence-corrected chi connectivity index (χ1v) is 9.34. The van der Waals surface area contributed by atoms with Crippen molar-refractivity contribution in [2.45, 2.75) is 71.1 Å². The molecule has 0 spiro atoms. The maximum Gasteiger partial charge on any atom is 0.251 e. The molecule has 24 heavy (non-hydrogen) atoms. The summed E-state index contributed by atoms with van der Waals surface area (Å²) in [7, 11) is 0. The van der Waals surface area contributed by atoms with E-state index in [1.165, 1.54) is 57.6 Å². The minimum absolute atomic E-state index is 0.110. The zero-order valence-corrected chi connectivity index (χ0v) is 15.0. The Morgan fingerprint density at radius 3 is 2.21 bits per heavy atom. The highest BCUT2D eigenvalue weighted by Gasteiger charge is 2.08. The van der Waals surface area contributed by atoms with Crippen LogP contribution >= 0.6 is 0 Å². The first-order valence-electron chi connectivity index (χ1n) is 9.34. The lowest BCUT2D eigenvalue weighted by Crippen LogP contribution is -2.25. The lowest BCUT2D eigenvalue weighted by Gasteiger charge is -2.07. The van der Waals surface area contributed by atoms with Crippen LogP contribution in [0.25, 0.3) is 0 Å². The Bertz CT molecular complexity index is 486. The predicted molar refractivity (Wildman–Crippen MR) is 100.0 cm³/mol. The Hall–Kier alpha value is -1.84. The molecule has 0 bridgehead atoms. The highest BCUT2D eigenvalue weighted by molar-refractivity contribution is 6.02. The molecule has 1 aromatic rings. The summed E-state index contributed by atoms with van der Waals surface area (Å²) in [6, 6.07) is 7.13. The molecule has 0 radical (unpaired) electrons. The molecule has 2 N–H and O–H groups in total. The third kappa shape index (κ3) is 8.70. The molecule has 1 rings (SSSR count). The van der Waals surface area contributed by atoms with Crippen LogP contribution < -0.4 is 5.32 Å². The van der Waals surface area contributed by atoms with Crippen LogP contribution in [-0.2, 0) is 0 Å². The number of carbonyl (C=O) groups is 1.